The maximum absolute atomic E-state index is 4.60. The number of nitrogens with one attached hydrogen (secondary N) is 1. The number of hydrogen-bond donors (Lipinski definition) is 1. The fourth-order valence-corrected chi connectivity index (χ4v) is 3.68. The van der Waals surface area contributed by atoms with Crippen molar-refractivity contribution < 1.29 is 0 Å². The number of rotatable bonds is 4. The lowest BCUT2D eigenvalue weighted by atomic mass is 9.70. The molecule has 2 rings (SSSR count). The molecule has 0 radical (unpaired) electrons. The first kappa shape index (κ1) is 14.0. The van der Waals surface area contributed by atoms with Crippen LogP contribution in [0.3, 0.4) is 0 Å². The molecular formula is C15H26N2S. The lowest BCUT2D eigenvalue weighted by Gasteiger charge is -2.37. The van der Waals surface area contributed by atoms with E-state index in [9.17, 15) is 0 Å². The van der Waals surface area contributed by atoms with Crippen LogP contribution in [-0.2, 0) is 6.42 Å². The number of aryl methyl sites for hydroxylation is 1. The Bertz CT molecular complexity index is 374. The molecule has 1 aromatic heterocycles. The van der Waals surface area contributed by atoms with Gasteiger partial charge >= 0.3 is 0 Å². The van der Waals surface area contributed by atoms with Crippen LogP contribution < -0.4 is 5.32 Å². The van der Waals surface area contributed by atoms with E-state index in [0.717, 1.165) is 12.3 Å². The van der Waals surface area contributed by atoms with Gasteiger partial charge in [-0.2, -0.15) is 0 Å². The predicted octanol–water partition coefficient (Wildman–Crippen LogP) is 3.80. The summed E-state index contributed by atoms with van der Waals surface area (Å²) in [5, 5.41) is 6.92. The minimum Gasteiger partial charge on any atom is -0.316 e. The molecule has 18 heavy (non-hydrogen) atoms. The van der Waals surface area contributed by atoms with Crippen LogP contribution >= 0.6 is 11.3 Å². The molecule has 0 saturated heterocycles. The normalized spacial score (nSPS) is 22.0. The Morgan fingerprint density at radius 2 is 2.11 bits per heavy atom. The highest BCUT2D eigenvalue weighted by atomic mass is 32.1. The van der Waals surface area contributed by atoms with Gasteiger partial charge in [-0.25, -0.2) is 4.98 Å². The zero-order valence-corrected chi connectivity index (χ0v) is 12.9. The van der Waals surface area contributed by atoms with Crippen molar-refractivity contribution >= 4 is 11.3 Å². The van der Waals surface area contributed by atoms with E-state index in [1.54, 1.807) is 11.3 Å². The molecule has 0 aliphatic heterocycles. The van der Waals surface area contributed by atoms with Crippen LogP contribution in [0.1, 0.15) is 50.2 Å². The first-order valence-electron chi connectivity index (χ1n) is 7.08. The Kier molecular flexibility index (Phi) is 4.44. The quantitative estimate of drug-likeness (QED) is 0.896. The van der Waals surface area contributed by atoms with Crippen molar-refractivity contribution in [3.8, 4) is 0 Å². The lowest BCUT2D eigenvalue weighted by Crippen LogP contribution is -2.39. The van der Waals surface area contributed by atoms with E-state index in [0.29, 0.717) is 11.5 Å². The summed E-state index contributed by atoms with van der Waals surface area (Å²) in [6, 6.07) is 0.600. The van der Waals surface area contributed by atoms with Gasteiger partial charge in [0.05, 0.1) is 10.7 Å². The molecule has 1 N–H and O–H groups in total. The molecule has 2 nitrogen and oxygen atoms in total. The van der Waals surface area contributed by atoms with Crippen molar-refractivity contribution in [2.75, 3.05) is 7.05 Å². The molecular weight excluding hydrogens is 240 g/mol. The molecule has 1 heterocycles. The minimum absolute atomic E-state index is 0.562. The minimum atomic E-state index is 0.562. The van der Waals surface area contributed by atoms with Gasteiger partial charge in [-0.1, -0.05) is 13.8 Å². The second-order valence-corrected chi connectivity index (χ2v) is 7.52. The monoisotopic (exact) mass is 266 g/mol. The van der Waals surface area contributed by atoms with E-state index in [-0.39, 0.29) is 0 Å². The topological polar surface area (TPSA) is 24.9 Å². The molecule has 1 unspecified atom stereocenters. The van der Waals surface area contributed by atoms with Crippen LogP contribution in [0.15, 0.2) is 5.38 Å². The van der Waals surface area contributed by atoms with E-state index in [4.69, 9.17) is 0 Å². The Hall–Kier alpha value is -0.410. The van der Waals surface area contributed by atoms with E-state index in [1.807, 2.05) is 0 Å². The summed E-state index contributed by atoms with van der Waals surface area (Å²) < 4.78 is 0. The van der Waals surface area contributed by atoms with Gasteiger partial charge in [0, 0.05) is 17.8 Å². The van der Waals surface area contributed by atoms with Crippen molar-refractivity contribution in [2.24, 2.45) is 11.3 Å². The van der Waals surface area contributed by atoms with E-state index >= 15 is 0 Å². The molecule has 0 spiro atoms. The van der Waals surface area contributed by atoms with Gasteiger partial charge in [0.1, 0.15) is 0 Å². The van der Waals surface area contributed by atoms with Gasteiger partial charge in [0.15, 0.2) is 0 Å². The van der Waals surface area contributed by atoms with Crippen LogP contribution in [0, 0.1) is 18.3 Å². The molecule has 3 heteroatoms. The fraction of sp³-hybridized carbons (Fsp3) is 0.800. The zero-order valence-electron chi connectivity index (χ0n) is 12.1. The van der Waals surface area contributed by atoms with Crippen molar-refractivity contribution in [3.05, 3.63) is 16.1 Å². The number of aromatic nitrogens is 1. The lowest BCUT2D eigenvalue weighted by molar-refractivity contribution is 0.163. The standard InChI is InChI=1S/C15H26N2S/c1-11-17-13(10-18-11)9-14(16-4)12-5-7-15(2,3)8-6-12/h10,12,14,16H,5-9H2,1-4H3. The van der Waals surface area contributed by atoms with E-state index in [2.05, 4.69) is 43.5 Å². The first-order chi connectivity index (χ1) is 8.50. The van der Waals surface area contributed by atoms with Gasteiger partial charge in [-0.3, -0.25) is 0 Å². The highest BCUT2D eigenvalue weighted by Crippen LogP contribution is 2.39. The molecule has 1 fully saturated rings. The van der Waals surface area contributed by atoms with Crippen LogP contribution in [0.5, 0.6) is 0 Å². The Morgan fingerprint density at radius 1 is 1.44 bits per heavy atom. The maximum Gasteiger partial charge on any atom is 0.0897 e. The van der Waals surface area contributed by atoms with Gasteiger partial charge < -0.3 is 5.32 Å². The summed E-state index contributed by atoms with van der Waals surface area (Å²) in [5.74, 6) is 0.824. The summed E-state index contributed by atoms with van der Waals surface area (Å²) in [5.41, 5.74) is 1.83. The smallest absolute Gasteiger partial charge is 0.0897 e. The number of likely N-dealkylation sites (N-methyl/N-ethyl adjacent to an activating group) is 1. The molecule has 1 aliphatic rings. The number of nitrogens with zero attached hydrogens (tertiary/aromatic N) is 1. The van der Waals surface area contributed by atoms with Crippen molar-refractivity contribution in [1.82, 2.24) is 10.3 Å². The highest BCUT2D eigenvalue weighted by molar-refractivity contribution is 7.09. The summed E-state index contributed by atoms with van der Waals surface area (Å²) in [4.78, 5) is 4.60. The molecule has 1 atom stereocenters. The SMILES string of the molecule is CNC(Cc1csc(C)n1)C1CCC(C)(C)CC1. The van der Waals surface area contributed by atoms with Gasteiger partial charge in [-0.15, -0.1) is 11.3 Å². The predicted molar refractivity (Wildman–Crippen MR) is 79.1 cm³/mol. The fourth-order valence-electron chi connectivity index (χ4n) is 3.06. The third-order valence-electron chi connectivity index (χ3n) is 4.42. The van der Waals surface area contributed by atoms with Crippen molar-refractivity contribution in [2.45, 2.75) is 58.9 Å². The average Bonchev–Trinajstić information content (AvgIpc) is 2.72. The second kappa shape index (κ2) is 5.70. The van der Waals surface area contributed by atoms with Gasteiger partial charge in [-0.05, 0) is 51.0 Å². The molecule has 102 valence electrons. The van der Waals surface area contributed by atoms with Gasteiger partial charge in [0.25, 0.3) is 0 Å². The summed E-state index contributed by atoms with van der Waals surface area (Å²) in [7, 11) is 2.10. The van der Waals surface area contributed by atoms with Crippen molar-refractivity contribution in [1.29, 1.82) is 0 Å². The number of thiazole rings is 1. The Labute approximate surface area is 115 Å². The van der Waals surface area contributed by atoms with Crippen molar-refractivity contribution in [3.63, 3.8) is 0 Å². The van der Waals surface area contributed by atoms with Crippen LogP contribution in [-0.4, -0.2) is 18.1 Å². The Balaban J connectivity index is 1.93. The maximum atomic E-state index is 4.60. The van der Waals surface area contributed by atoms with Gasteiger partial charge in [0.2, 0.25) is 0 Å². The van der Waals surface area contributed by atoms with Crippen LogP contribution in [0.25, 0.3) is 0 Å². The summed E-state index contributed by atoms with van der Waals surface area (Å²) >= 11 is 1.76. The summed E-state index contributed by atoms with van der Waals surface area (Å²) in [6.45, 7) is 6.90. The molecule has 0 aromatic carbocycles. The third-order valence-corrected chi connectivity index (χ3v) is 5.24. The molecule has 1 aromatic rings. The molecule has 1 saturated carbocycles. The average molecular weight is 266 g/mol. The third kappa shape index (κ3) is 3.55. The Morgan fingerprint density at radius 3 is 2.61 bits per heavy atom. The van der Waals surface area contributed by atoms with Crippen LogP contribution in [0.2, 0.25) is 0 Å². The molecule has 0 bridgehead atoms. The second-order valence-electron chi connectivity index (χ2n) is 6.46. The summed E-state index contributed by atoms with van der Waals surface area (Å²) in [6.07, 6.45) is 6.55. The zero-order chi connectivity index (χ0) is 13.2. The largest absolute Gasteiger partial charge is 0.316 e. The molecule has 0 amide bonds. The van der Waals surface area contributed by atoms with E-state index < -0.39 is 0 Å². The highest BCUT2D eigenvalue weighted by Gasteiger charge is 2.30. The van der Waals surface area contributed by atoms with Crippen LogP contribution in [0.4, 0.5) is 0 Å². The molecule has 1 aliphatic carbocycles. The first-order valence-corrected chi connectivity index (χ1v) is 7.96. The van der Waals surface area contributed by atoms with E-state index in [1.165, 1.54) is 36.4 Å². The number of hydrogen-bond acceptors (Lipinski definition) is 3.